The Bertz CT molecular complexity index is 397. The van der Waals surface area contributed by atoms with Crippen LogP contribution in [-0.4, -0.2) is 29.7 Å². The van der Waals surface area contributed by atoms with Crippen molar-refractivity contribution in [3.8, 4) is 11.5 Å². The molecule has 0 radical (unpaired) electrons. The van der Waals surface area contributed by atoms with Gasteiger partial charge in [0.2, 0.25) is 0 Å². The van der Waals surface area contributed by atoms with Gasteiger partial charge in [-0.05, 0) is 38.1 Å². The Morgan fingerprint density at radius 1 is 1.12 bits per heavy atom. The van der Waals surface area contributed by atoms with E-state index in [4.69, 9.17) is 4.74 Å². The van der Waals surface area contributed by atoms with Crippen molar-refractivity contribution >= 4 is 0 Å². The van der Waals surface area contributed by atoms with Gasteiger partial charge in [-0.25, -0.2) is 0 Å². The molecule has 2 aliphatic heterocycles. The fourth-order valence-corrected chi connectivity index (χ4v) is 2.89. The highest BCUT2D eigenvalue weighted by Crippen LogP contribution is 2.38. The third-order valence-electron chi connectivity index (χ3n) is 3.83. The second-order valence-electron chi connectivity index (χ2n) is 5.00. The molecule has 3 rings (SSSR count). The molecule has 2 aliphatic rings. The van der Waals surface area contributed by atoms with Crippen LogP contribution in [0.5, 0.6) is 11.5 Å². The molecule has 0 amide bonds. The molecular formula is C14H19NO2. The van der Waals surface area contributed by atoms with Crippen molar-refractivity contribution in [3.05, 3.63) is 23.8 Å². The standard InChI is InChI=1S/C14H19NO2/c16-11-5-6-12-13(10-17-14(12)9-11)15-7-3-1-2-4-8-15/h5-6,9,13,16H,1-4,7-8,10H2. The van der Waals surface area contributed by atoms with Gasteiger partial charge < -0.3 is 9.84 Å². The first kappa shape index (κ1) is 10.9. The minimum atomic E-state index is 0.292. The molecule has 1 aromatic carbocycles. The van der Waals surface area contributed by atoms with Gasteiger partial charge in [0, 0.05) is 11.6 Å². The Balaban J connectivity index is 1.82. The molecule has 0 saturated carbocycles. The molecule has 0 bridgehead atoms. The van der Waals surface area contributed by atoms with Gasteiger partial charge in [0.1, 0.15) is 18.1 Å². The van der Waals surface area contributed by atoms with E-state index in [0.29, 0.717) is 11.8 Å². The van der Waals surface area contributed by atoms with Crippen molar-refractivity contribution in [2.75, 3.05) is 19.7 Å². The lowest BCUT2D eigenvalue weighted by Gasteiger charge is -2.26. The molecule has 1 unspecified atom stereocenters. The van der Waals surface area contributed by atoms with Crippen LogP contribution < -0.4 is 4.74 Å². The predicted molar refractivity (Wildman–Crippen MR) is 66.4 cm³/mol. The molecule has 1 atom stereocenters. The molecule has 0 aliphatic carbocycles. The number of hydrogen-bond acceptors (Lipinski definition) is 3. The number of phenolic OH excluding ortho intramolecular Hbond substituents is 1. The van der Waals surface area contributed by atoms with E-state index in [1.807, 2.05) is 6.07 Å². The van der Waals surface area contributed by atoms with Crippen LogP contribution in [0, 0.1) is 0 Å². The lowest BCUT2D eigenvalue weighted by Crippen LogP contribution is -2.30. The molecule has 92 valence electrons. The number of ether oxygens (including phenoxy) is 1. The summed E-state index contributed by atoms with van der Waals surface area (Å²) in [6.07, 6.45) is 5.30. The maximum atomic E-state index is 9.44. The zero-order chi connectivity index (χ0) is 11.7. The summed E-state index contributed by atoms with van der Waals surface area (Å²) in [5.41, 5.74) is 1.24. The summed E-state index contributed by atoms with van der Waals surface area (Å²) < 4.78 is 5.68. The zero-order valence-corrected chi connectivity index (χ0v) is 10.1. The second-order valence-corrected chi connectivity index (χ2v) is 5.00. The summed E-state index contributed by atoms with van der Waals surface area (Å²) in [5.74, 6) is 1.15. The highest BCUT2D eigenvalue weighted by molar-refractivity contribution is 5.44. The molecule has 1 aromatic rings. The van der Waals surface area contributed by atoms with Gasteiger partial charge in [-0.3, -0.25) is 4.90 Å². The fourth-order valence-electron chi connectivity index (χ4n) is 2.89. The molecule has 0 aromatic heterocycles. The summed E-state index contributed by atoms with van der Waals surface area (Å²) in [5, 5.41) is 9.44. The van der Waals surface area contributed by atoms with Gasteiger partial charge in [0.05, 0.1) is 6.04 Å². The SMILES string of the molecule is Oc1ccc2c(c1)OCC2N1CCCCCC1. The van der Waals surface area contributed by atoms with E-state index in [-0.39, 0.29) is 0 Å². The van der Waals surface area contributed by atoms with Gasteiger partial charge in [0.25, 0.3) is 0 Å². The number of fused-ring (bicyclic) bond motifs is 1. The van der Waals surface area contributed by atoms with Crippen molar-refractivity contribution < 1.29 is 9.84 Å². The molecule has 2 heterocycles. The van der Waals surface area contributed by atoms with Crippen LogP contribution in [0.25, 0.3) is 0 Å². The smallest absolute Gasteiger partial charge is 0.127 e. The van der Waals surface area contributed by atoms with E-state index in [9.17, 15) is 5.11 Å². The van der Waals surface area contributed by atoms with Crippen LogP contribution in [0.15, 0.2) is 18.2 Å². The largest absolute Gasteiger partial charge is 0.508 e. The van der Waals surface area contributed by atoms with Gasteiger partial charge in [-0.2, -0.15) is 0 Å². The number of rotatable bonds is 1. The summed E-state index contributed by atoms with van der Waals surface area (Å²) in [7, 11) is 0. The zero-order valence-electron chi connectivity index (χ0n) is 10.1. The van der Waals surface area contributed by atoms with E-state index < -0.39 is 0 Å². The minimum Gasteiger partial charge on any atom is -0.508 e. The molecule has 1 saturated heterocycles. The lowest BCUT2D eigenvalue weighted by atomic mass is 10.1. The van der Waals surface area contributed by atoms with Crippen molar-refractivity contribution in [3.63, 3.8) is 0 Å². The summed E-state index contributed by atoms with van der Waals surface area (Å²) in [4.78, 5) is 2.54. The minimum absolute atomic E-state index is 0.292. The Kier molecular flexibility index (Phi) is 2.93. The predicted octanol–water partition coefficient (Wildman–Crippen LogP) is 2.70. The third-order valence-corrected chi connectivity index (χ3v) is 3.83. The summed E-state index contributed by atoms with van der Waals surface area (Å²) in [6.45, 7) is 3.08. The molecule has 3 heteroatoms. The van der Waals surface area contributed by atoms with Crippen molar-refractivity contribution in [1.29, 1.82) is 0 Å². The van der Waals surface area contributed by atoms with Gasteiger partial charge in [0.15, 0.2) is 0 Å². The molecule has 1 fully saturated rings. The number of hydrogen-bond donors (Lipinski definition) is 1. The fraction of sp³-hybridized carbons (Fsp3) is 0.571. The van der Waals surface area contributed by atoms with Crippen molar-refractivity contribution in [2.24, 2.45) is 0 Å². The van der Waals surface area contributed by atoms with E-state index in [2.05, 4.69) is 4.90 Å². The van der Waals surface area contributed by atoms with Gasteiger partial charge >= 0.3 is 0 Å². The molecule has 0 spiro atoms. The van der Waals surface area contributed by atoms with E-state index in [1.54, 1.807) is 12.1 Å². The second kappa shape index (κ2) is 4.57. The quantitative estimate of drug-likeness (QED) is 0.809. The molecule has 3 nitrogen and oxygen atoms in total. The first-order chi connectivity index (χ1) is 8.34. The summed E-state index contributed by atoms with van der Waals surface area (Å²) in [6, 6.07) is 5.89. The van der Waals surface area contributed by atoms with Crippen LogP contribution in [-0.2, 0) is 0 Å². The van der Waals surface area contributed by atoms with Crippen molar-refractivity contribution in [2.45, 2.75) is 31.7 Å². The van der Waals surface area contributed by atoms with Crippen LogP contribution >= 0.6 is 0 Å². The maximum Gasteiger partial charge on any atom is 0.127 e. The summed E-state index contributed by atoms with van der Waals surface area (Å²) >= 11 is 0. The number of likely N-dealkylation sites (tertiary alicyclic amines) is 1. The normalized spacial score (nSPS) is 25.1. The highest BCUT2D eigenvalue weighted by atomic mass is 16.5. The van der Waals surface area contributed by atoms with Crippen LogP contribution in [0.3, 0.4) is 0 Å². The monoisotopic (exact) mass is 233 g/mol. The molecular weight excluding hydrogens is 214 g/mol. The Hall–Kier alpha value is -1.22. The Morgan fingerprint density at radius 3 is 2.65 bits per heavy atom. The highest BCUT2D eigenvalue weighted by Gasteiger charge is 2.29. The maximum absolute atomic E-state index is 9.44. The Labute approximate surface area is 102 Å². The number of aromatic hydroxyl groups is 1. The Morgan fingerprint density at radius 2 is 1.88 bits per heavy atom. The van der Waals surface area contributed by atoms with E-state index in [0.717, 1.165) is 12.4 Å². The molecule has 1 N–H and O–H groups in total. The van der Waals surface area contributed by atoms with Gasteiger partial charge in [-0.1, -0.05) is 12.8 Å². The topological polar surface area (TPSA) is 32.7 Å². The van der Waals surface area contributed by atoms with E-state index >= 15 is 0 Å². The lowest BCUT2D eigenvalue weighted by molar-refractivity contribution is 0.168. The first-order valence-electron chi connectivity index (χ1n) is 6.54. The van der Waals surface area contributed by atoms with Gasteiger partial charge in [-0.15, -0.1) is 0 Å². The number of nitrogens with zero attached hydrogens (tertiary/aromatic N) is 1. The number of benzene rings is 1. The van der Waals surface area contributed by atoms with Crippen LogP contribution in [0.1, 0.15) is 37.3 Å². The molecule has 17 heavy (non-hydrogen) atoms. The van der Waals surface area contributed by atoms with Crippen LogP contribution in [0.2, 0.25) is 0 Å². The van der Waals surface area contributed by atoms with Crippen LogP contribution in [0.4, 0.5) is 0 Å². The van der Waals surface area contributed by atoms with E-state index in [1.165, 1.54) is 44.3 Å². The van der Waals surface area contributed by atoms with Crippen molar-refractivity contribution in [1.82, 2.24) is 4.90 Å². The number of phenols is 1. The average molecular weight is 233 g/mol. The third kappa shape index (κ3) is 2.12. The first-order valence-corrected chi connectivity index (χ1v) is 6.54. The average Bonchev–Trinajstić information content (AvgIpc) is 2.57.